The fourth-order valence-corrected chi connectivity index (χ4v) is 1.95. The van der Waals surface area contributed by atoms with E-state index in [1.54, 1.807) is 12.4 Å². The maximum absolute atomic E-state index is 11.8. The number of nitrogens with zero attached hydrogens (tertiary/aromatic N) is 1. The van der Waals surface area contributed by atoms with Crippen LogP contribution in [0.15, 0.2) is 42.7 Å². The number of carbonyl (C=O) groups is 1. The van der Waals surface area contributed by atoms with Crippen LogP contribution in [-0.2, 0) is 11.3 Å². The molecule has 4 heteroatoms. The van der Waals surface area contributed by atoms with E-state index in [0.717, 1.165) is 16.8 Å². The third kappa shape index (κ3) is 4.09. The van der Waals surface area contributed by atoms with Crippen molar-refractivity contribution in [1.82, 2.24) is 10.3 Å². The second-order valence-electron chi connectivity index (χ2n) is 4.80. The molecule has 2 rings (SSSR count). The summed E-state index contributed by atoms with van der Waals surface area (Å²) in [6, 6.07) is 9.90. The summed E-state index contributed by atoms with van der Waals surface area (Å²) in [5.41, 5.74) is 4.40. The molecule has 0 fully saturated rings. The number of rotatable bonds is 5. The van der Waals surface area contributed by atoms with E-state index in [9.17, 15) is 4.79 Å². The molecule has 0 aliphatic heterocycles. The van der Waals surface area contributed by atoms with Crippen LogP contribution in [0.1, 0.15) is 16.7 Å². The molecule has 0 saturated heterocycles. The van der Waals surface area contributed by atoms with Gasteiger partial charge in [0.25, 0.3) is 0 Å². The van der Waals surface area contributed by atoms with E-state index in [4.69, 9.17) is 0 Å². The van der Waals surface area contributed by atoms with Crippen LogP contribution in [-0.4, -0.2) is 17.4 Å². The lowest BCUT2D eigenvalue weighted by Crippen LogP contribution is -2.29. The van der Waals surface area contributed by atoms with Crippen molar-refractivity contribution in [2.75, 3.05) is 11.9 Å². The Morgan fingerprint density at radius 2 is 1.90 bits per heavy atom. The molecule has 2 N–H and O–H groups in total. The van der Waals surface area contributed by atoms with Crippen LogP contribution in [0, 0.1) is 13.8 Å². The number of aryl methyl sites for hydroxylation is 2. The summed E-state index contributed by atoms with van der Waals surface area (Å²) in [5, 5.41) is 6.02. The summed E-state index contributed by atoms with van der Waals surface area (Å²) in [6.07, 6.45) is 3.44. The smallest absolute Gasteiger partial charge is 0.239 e. The second-order valence-corrected chi connectivity index (χ2v) is 4.80. The molecule has 2 aromatic rings. The highest BCUT2D eigenvalue weighted by molar-refractivity contribution is 5.80. The monoisotopic (exact) mass is 269 g/mol. The van der Waals surface area contributed by atoms with E-state index >= 15 is 0 Å². The van der Waals surface area contributed by atoms with Crippen LogP contribution in [0.5, 0.6) is 0 Å². The Labute approximate surface area is 119 Å². The molecule has 0 aliphatic carbocycles. The van der Waals surface area contributed by atoms with Crippen molar-refractivity contribution in [3.05, 3.63) is 59.4 Å². The van der Waals surface area contributed by atoms with Gasteiger partial charge in [-0.15, -0.1) is 0 Å². The van der Waals surface area contributed by atoms with Gasteiger partial charge in [0.2, 0.25) is 5.91 Å². The highest BCUT2D eigenvalue weighted by Gasteiger charge is 2.03. The van der Waals surface area contributed by atoms with Crippen LogP contribution in [0.3, 0.4) is 0 Å². The first-order valence-corrected chi connectivity index (χ1v) is 6.62. The average molecular weight is 269 g/mol. The summed E-state index contributed by atoms with van der Waals surface area (Å²) in [4.78, 5) is 15.7. The zero-order chi connectivity index (χ0) is 14.4. The Morgan fingerprint density at radius 3 is 2.60 bits per heavy atom. The van der Waals surface area contributed by atoms with E-state index in [-0.39, 0.29) is 12.5 Å². The van der Waals surface area contributed by atoms with Crippen LogP contribution < -0.4 is 10.6 Å². The van der Waals surface area contributed by atoms with Crippen molar-refractivity contribution in [1.29, 1.82) is 0 Å². The Kier molecular flexibility index (Phi) is 4.71. The van der Waals surface area contributed by atoms with Crippen molar-refractivity contribution in [2.45, 2.75) is 20.4 Å². The van der Waals surface area contributed by atoms with Gasteiger partial charge in [0.15, 0.2) is 0 Å². The zero-order valence-electron chi connectivity index (χ0n) is 11.8. The molecule has 20 heavy (non-hydrogen) atoms. The minimum Gasteiger partial charge on any atom is -0.376 e. The molecule has 1 amide bonds. The normalized spacial score (nSPS) is 10.1. The fourth-order valence-electron chi connectivity index (χ4n) is 1.95. The van der Waals surface area contributed by atoms with Gasteiger partial charge in [-0.2, -0.15) is 0 Å². The van der Waals surface area contributed by atoms with Gasteiger partial charge in [-0.25, -0.2) is 0 Å². The number of amides is 1. The molecule has 0 saturated carbocycles. The molecule has 4 nitrogen and oxygen atoms in total. The lowest BCUT2D eigenvalue weighted by molar-refractivity contribution is -0.119. The molecule has 0 atom stereocenters. The molecule has 1 aromatic heterocycles. The van der Waals surface area contributed by atoms with E-state index in [2.05, 4.69) is 28.6 Å². The number of anilines is 1. The Balaban J connectivity index is 1.80. The number of nitrogens with one attached hydrogen (secondary N) is 2. The summed E-state index contributed by atoms with van der Waals surface area (Å²) in [6.45, 7) is 4.88. The molecule has 1 heterocycles. The summed E-state index contributed by atoms with van der Waals surface area (Å²) < 4.78 is 0. The topological polar surface area (TPSA) is 54.0 Å². The van der Waals surface area contributed by atoms with Crippen molar-refractivity contribution in [3.8, 4) is 0 Å². The second kappa shape index (κ2) is 6.70. The minimum atomic E-state index is -0.0261. The number of pyridine rings is 1. The third-order valence-electron chi connectivity index (χ3n) is 3.06. The lowest BCUT2D eigenvalue weighted by atomic mass is 10.1. The maximum Gasteiger partial charge on any atom is 0.239 e. The molecule has 0 bridgehead atoms. The number of hydrogen-bond acceptors (Lipinski definition) is 3. The first-order valence-electron chi connectivity index (χ1n) is 6.62. The van der Waals surface area contributed by atoms with E-state index in [1.165, 1.54) is 5.56 Å². The number of benzene rings is 1. The van der Waals surface area contributed by atoms with Crippen molar-refractivity contribution < 1.29 is 4.79 Å². The molecule has 0 aliphatic rings. The molecule has 0 spiro atoms. The Hall–Kier alpha value is -2.36. The van der Waals surface area contributed by atoms with Gasteiger partial charge < -0.3 is 10.6 Å². The molecule has 0 unspecified atom stereocenters. The number of aromatic nitrogens is 1. The van der Waals surface area contributed by atoms with Gasteiger partial charge in [-0.05, 0) is 43.2 Å². The van der Waals surface area contributed by atoms with Gasteiger partial charge in [0.05, 0.1) is 6.54 Å². The largest absolute Gasteiger partial charge is 0.376 e. The van der Waals surface area contributed by atoms with E-state index < -0.39 is 0 Å². The SMILES string of the molecule is Cc1ccc(NCC(=O)NCc2ccncc2)c(C)c1. The quantitative estimate of drug-likeness (QED) is 0.876. The highest BCUT2D eigenvalue weighted by atomic mass is 16.1. The van der Waals surface area contributed by atoms with Gasteiger partial charge in [0, 0.05) is 24.6 Å². The summed E-state index contributed by atoms with van der Waals surface area (Å²) in [5.74, 6) is -0.0261. The van der Waals surface area contributed by atoms with Crippen LogP contribution >= 0.6 is 0 Å². The van der Waals surface area contributed by atoms with Crippen molar-refractivity contribution >= 4 is 11.6 Å². The molecular formula is C16H19N3O. The summed E-state index contributed by atoms with van der Waals surface area (Å²) >= 11 is 0. The molecular weight excluding hydrogens is 250 g/mol. The first-order chi connectivity index (χ1) is 9.65. The van der Waals surface area contributed by atoms with Gasteiger partial charge >= 0.3 is 0 Å². The number of carbonyl (C=O) groups excluding carboxylic acids is 1. The number of hydrogen-bond donors (Lipinski definition) is 2. The van der Waals surface area contributed by atoms with E-state index in [0.29, 0.717) is 6.54 Å². The van der Waals surface area contributed by atoms with Crippen molar-refractivity contribution in [2.24, 2.45) is 0 Å². The average Bonchev–Trinajstić information content (AvgIpc) is 2.45. The van der Waals surface area contributed by atoms with Crippen LogP contribution in [0.4, 0.5) is 5.69 Å². The Bertz CT molecular complexity index is 582. The lowest BCUT2D eigenvalue weighted by Gasteiger charge is -2.10. The van der Waals surface area contributed by atoms with Gasteiger partial charge in [-0.1, -0.05) is 17.7 Å². The molecule has 104 valence electrons. The highest BCUT2D eigenvalue weighted by Crippen LogP contribution is 2.15. The van der Waals surface area contributed by atoms with Crippen molar-refractivity contribution in [3.63, 3.8) is 0 Å². The summed E-state index contributed by atoms with van der Waals surface area (Å²) in [7, 11) is 0. The van der Waals surface area contributed by atoms with Crippen LogP contribution in [0.2, 0.25) is 0 Å². The first kappa shape index (κ1) is 14.1. The van der Waals surface area contributed by atoms with Gasteiger partial charge in [-0.3, -0.25) is 9.78 Å². The molecule has 0 radical (unpaired) electrons. The maximum atomic E-state index is 11.8. The third-order valence-corrected chi connectivity index (χ3v) is 3.06. The predicted molar refractivity (Wildman–Crippen MR) is 80.5 cm³/mol. The minimum absolute atomic E-state index is 0.0261. The predicted octanol–water partition coefficient (Wildman–Crippen LogP) is 2.43. The standard InChI is InChI=1S/C16H19N3O/c1-12-3-4-15(13(2)9-12)18-11-16(20)19-10-14-5-7-17-8-6-14/h3-9,18H,10-11H2,1-2H3,(H,19,20). The van der Waals surface area contributed by atoms with E-state index in [1.807, 2.05) is 31.2 Å². The van der Waals surface area contributed by atoms with Gasteiger partial charge in [0.1, 0.15) is 0 Å². The Morgan fingerprint density at radius 1 is 1.15 bits per heavy atom. The molecule has 1 aromatic carbocycles. The fraction of sp³-hybridized carbons (Fsp3) is 0.250. The van der Waals surface area contributed by atoms with Crippen LogP contribution in [0.25, 0.3) is 0 Å². The zero-order valence-corrected chi connectivity index (χ0v) is 11.8.